The average Bonchev–Trinajstić information content (AvgIpc) is 3.17. The molecule has 0 fully saturated rings. The zero-order valence-corrected chi connectivity index (χ0v) is 13.2. The van der Waals surface area contributed by atoms with E-state index in [2.05, 4.69) is 22.2 Å². The van der Waals surface area contributed by atoms with E-state index in [9.17, 15) is 0 Å². The van der Waals surface area contributed by atoms with Crippen molar-refractivity contribution < 1.29 is 9.47 Å². The lowest BCUT2D eigenvalue weighted by Crippen LogP contribution is -2.14. The molecule has 120 valence electrons. The van der Waals surface area contributed by atoms with Gasteiger partial charge in [-0.2, -0.15) is 10.2 Å². The molecule has 6 heteroatoms. The summed E-state index contributed by atoms with van der Waals surface area (Å²) >= 11 is 0. The second-order valence-corrected chi connectivity index (χ2v) is 5.94. The predicted molar refractivity (Wildman–Crippen MR) is 87.5 cm³/mol. The molecule has 4 bridgehead atoms. The summed E-state index contributed by atoms with van der Waals surface area (Å²) in [6.45, 7) is 4.31. The Labute approximate surface area is 134 Å². The van der Waals surface area contributed by atoms with Gasteiger partial charge in [0, 0.05) is 30.1 Å². The Kier molecular flexibility index (Phi) is 3.75. The predicted octanol–water partition coefficient (Wildman–Crippen LogP) is 3.00. The first-order chi connectivity index (χ1) is 11.3. The number of aromatic nitrogens is 4. The fourth-order valence-electron chi connectivity index (χ4n) is 2.84. The van der Waals surface area contributed by atoms with Crippen LogP contribution in [0, 0.1) is 0 Å². The van der Waals surface area contributed by atoms with E-state index in [1.54, 1.807) is 0 Å². The minimum atomic E-state index is 0.214. The van der Waals surface area contributed by atoms with Gasteiger partial charge in [0.15, 0.2) is 0 Å². The molecule has 4 rings (SSSR count). The van der Waals surface area contributed by atoms with Crippen LogP contribution in [0.5, 0.6) is 5.75 Å². The van der Waals surface area contributed by atoms with Gasteiger partial charge in [0.25, 0.3) is 0 Å². The van der Waals surface area contributed by atoms with Gasteiger partial charge in [0.05, 0.1) is 31.0 Å². The van der Waals surface area contributed by atoms with E-state index in [4.69, 9.17) is 9.47 Å². The summed E-state index contributed by atoms with van der Waals surface area (Å²) in [5, 5.41) is 13.0. The second-order valence-electron chi connectivity index (χ2n) is 5.94. The fourth-order valence-corrected chi connectivity index (χ4v) is 2.84. The maximum Gasteiger partial charge on any atom is 0.120 e. The number of H-pyrrole nitrogens is 1. The number of hydrogen-bond donors (Lipinski definition) is 1. The number of rotatable bonds is 0. The fraction of sp³-hybridized carbons (Fsp3) is 0.412. The smallest absolute Gasteiger partial charge is 0.120 e. The third-order valence-electron chi connectivity index (χ3n) is 4.17. The van der Waals surface area contributed by atoms with E-state index in [0.29, 0.717) is 13.2 Å². The van der Waals surface area contributed by atoms with Crippen LogP contribution in [0.1, 0.15) is 19.8 Å². The number of hydrogen-bond acceptors (Lipinski definition) is 4. The second kappa shape index (κ2) is 6.04. The molecule has 1 atom stereocenters. The van der Waals surface area contributed by atoms with E-state index in [1.165, 1.54) is 0 Å². The number of aromatic amines is 1. The Balaban J connectivity index is 1.73. The van der Waals surface area contributed by atoms with Crippen molar-refractivity contribution in [3.63, 3.8) is 0 Å². The topological polar surface area (TPSA) is 65.0 Å². The molecule has 2 aromatic heterocycles. The molecule has 6 nitrogen and oxygen atoms in total. The van der Waals surface area contributed by atoms with Crippen LogP contribution in [-0.4, -0.2) is 39.3 Å². The summed E-state index contributed by atoms with van der Waals surface area (Å²) in [7, 11) is 0. The number of benzene rings is 1. The molecule has 1 aliphatic heterocycles. The molecule has 3 aromatic rings. The molecule has 0 unspecified atom stereocenters. The van der Waals surface area contributed by atoms with Crippen LogP contribution in [0.2, 0.25) is 0 Å². The van der Waals surface area contributed by atoms with Crippen LogP contribution in [-0.2, 0) is 11.3 Å². The molecular weight excluding hydrogens is 292 g/mol. The number of ether oxygens (including phenoxy) is 2. The monoisotopic (exact) mass is 312 g/mol. The van der Waals surface area contributed by atoms with Crippen LogP contribution >= 0.6 is 0 Å². The van der Waals surface area contributed by atoms with Crippen molar-refractivity contribution >= 4 is 10.9 Å². The molecule has 0 radical (unpaired) electrons. The summed E-state index contributed by atoms with van der Waals surface area (Å²) in [5.41, 5.74) is 2.93. The van der Waals surface area contributed by atoms with Gasteiger partial charge in [-0.3, -0.25) is 9.78 Å². The summed E-state index contributed by atoms with van der Waals surface area (Å²) in [4.78, 5) is 0. The van der Waals surface area contributed by atoms with Crippen molar-refractivity contribution in [2.45, 2.75) is 32.4 Å². The van der Waals surface area contributed by atoms with Gasteiger partial charge in [-0.05, 0) is 31.5 Å². The highest BCUT2D eigenvalue weighted by Gasteiger charge is 2.12. The van der Waals surface area contributed by atoms with Crippen molar-refractivity contribution in [1.82, 2.24) is 20.0 Å². The standard InChI is InChI=1S/C17H20N4O2/c1-12-5-6-21-11-13(10-18-21)17-15-9-14(23-8-2-7-22-12)3-4-16(15)19-20-17/h3-4,9-12H,2,5-8H2,1H3,(H,19,20)/t12-/m0/s1. The summed E-state index contributed by atoms with van der Waals surface area (Å²) < 4.78 is 13.6. The first-order valence-electron chi connectivity index (χ1n) is 8.05. The Morgan fingerprint density at radius 1 is 1.30 bits per heavy atom. The minimum absolute atomic E-state index is 0.214. The maximum atomic E-state index is 5.84. The molecular formula is C17H20N4O2. The van der Waals surface area contributed by atoms with Gasteiger partial charge in [0.2, 0.25) is 0 Å². The Bertz CT molecular complexity index is 808. The molecule has 0 amide bonds. The highest BCUT2D eigenvalue weighted by molar-refractivity contribution is 5.93. The SMILES string of the molecule is C[C@H]1CCn2cc(cn2)-c2n[nH]c3ccc(cc23)OCCCO1. The maximum absolute atomic E-state index is 5.84. The molecule has 0 spiro atoms. The Morgan fingerprint density at radius 3 is 3.22 bits per heavy atom. The zero-order valence-electron chi connectivity index (χ0n) is 13.2. The van der Waals surface area contributed by atoms with Gasteiger partial charge in [-0.15, -0.1) is 0 Å². The molecule has 0 saturated heterocycles. The van der Waals surface area contributed by atoms with Crippen LogP contribution in [0.4, 0.5) is 0 Å². The number of fused-ring (bicyclic) bond motifs is 4. The van der Waals surface area contributed by atoms with E-state index < -0.39 is 0 Å². The normalized spacial score (nSPS) is 19.3. The van der Waals surface area contributed by atoms with Crippen molar-refractivity contribution in [3.8, 4) is 17.0 Å². The van der Waals surface area contributed by atoms with Crippen molar-refractivity contribution in [1.29, 1.82) is 0 Å². The van der Waals surface area contributed by atoms with Gasteiger partial charge in [-0.1, -0.05) is 0 Å². The molecule has 1 N–H and O–H groups in total. The van der Waals surface area contributed by atoms with Gasteiger partial charge < -0.3 is 9.47 Å². The van der Waals surface area contributed by atoms with Crippen molar-refractivity contribution in [2.24, 2.45) is 0 Å². The first-order valence-corrected chi connectivity index (χ1v) is 8.05. The van der Waals surface area contributed by atoms with Crippen molar-refractivity contribution in [3.05, 3.63) is 30.6 Å². The van der Waals surface area contributed by atoms with E-state index >= 15 is 0 Å². The quantitative estimate of drug-likeness (QED) is 0.693. The molecule has 0 aliphatic carbocycles. The number of nitrogens with one attached hydrogen (secondary N) is 1. The lowest BCUT2D eigenvalue weighted by molar-refractivity contribution is 0.0490. The van der Waals surface area contributed by atoms with Crippen LogP contribution < -0.4 is 4.74 Å². The summed E-state index contributed by atoms with van der Waals surface area (Å²) in [6.07, 6.45) is 5.93. The molecule has 1 aliphatic rings. The highest BCUT2D eigenvalue weighted by atomic mass is 16.5. The zero-order chi connectivity index (χ0) is 15.6. The molecule has 23 heavy (non-hydrogen) atoms. The molecule has 0 saturated carbocycles. The molecule has 1 aromatic carbocycles. The summed E-state index contributed by atoms with van der Waals surface area (Å²) in [6, 6.07) is 6.01. The van der Waals surface area contributed by atoms with Crippen LogP contribution in [0.15, 0.2) is 30.6 Å². The third-order valence-corrected chi connectivity index (χ3v) is 4.17. The highest BCUT2D eigenvalue weighted by Crippen LogP contribution is 2.29. The number of aryl methyl sites for hydroxylation is 1. The third kappa shape index (κ3) is 2.94. The number of nitrogens with zero attached hydrogens (tertiary/aromatic N) is 3. The van der Waals surface area contributed by atoms with Gasteiger partial charge >= 0.3 is 0 Å². The van der Waals surface area contributed by atoms with Crippen LogP contribution in [0.3, 0.4) is 0 Å². The van der Waals surface area contributed by atoms with E-state index in [1.807, 2.05) is 35.3 Å². The lowest BCUT2D eigenvalue weighted by atomic mass is 10.1. The van der Waals surface area contributed by atoms with E-state index in [0.717, 1.165) is 47.3 Å². The average molecular weight is 312 g/mol. The molecule has 3 heterocycles. The lowest BCUT2D eigenvalue weighted by Gasteiger charge is -2.13. The van der Waals surface area contributed by atoms with Crippen LogP contribution in [0.25, 0.3) is 22.2 Å². The first kappa shape index (κ1) is 14.3. The Hall–Kier alpha value is -2.34. The summed E-state index contributed by atoms with van der Waals surface area (Å²) in [5.74, 6) is 0.857. The van der Waals surface area contributed by atoms with Gasteiger partial charge in [-0.25, -0.2) is 0 Å². The van der Waals surface area contributed by atoms with Crippen molar-refractivity contribution in [2.75, 3.05) is 13.2 Å². The van der Waals surface area contributed by atoms with E-state index in [-0.39, 0.29) is 6.10 Å². The van der Waals surface area contributed by atoms with Gasteiger partial charge in [0.1, 0.15) is 11.4 Å². The minimum Gasteiger partial charge on any atom is -0.493 e. The largest absolute Gasteiger partial charge is 0.493 e. The Morgan fingerprint density at radius 2 is 2.26 bits per heavy atom.